The molecule has 1 saturated carbocycles. The van der Waals surface area contributed by atoms with Gasteiger partial charge in [-0.05, 0) is 26.7 Å². The summed E-state index contributed by atoms with van der Waals surface area (Å²) in [5.74, 6) is 0.951. The van der Waals surface area contributed by atoms with Crippen LogP contribution in [-0.2, 0) is 0 Å². The Morgan fingerprint density at radius 2 is 2.18 bits per heavy atom. The monoisotopic (exact) mass is 152 g/mol. The lowest BCUT2D eigenvalue weighted by atomic mass is 10.3. The molecule has 0 atom stereocenters. The average Bonchev–Trinajstić information content (AvgIpc) is 2.73. The van der Waals surface area contributed by atoms with E-state index in [9.17, 15) is 0 Å². The normalized spacial score (nSPS) is 16.9. The molecule has 1 N–H and O–H groups in total. The molecule has 0 amide bonds. The number of hydrogen-bond donors (Lipinski definition) is 1. The zero-order chi connectivity index (χ0) is 7.84. The molecule has 3 nitrogen and oxygen atoms in total. The minimum absolute atomic E-state index is 0.463. The van der Waals surface area contributed by atoms with Gasteiger partial charge in [-0.3, -0.25) is 5.10 Å². The van der Waals surface area contributed by atoms with Crippen molar-refractivity contribution in [1.29, 1.82) is 0 Å². The van der Waals surface area contributed by atoms with Crippen molar-refractivity contribution < 1.29 is 4.74 Å². The van der Waals surface area contributed by atoms with Gasteiger partial charge in [0.25, 0.3) is 0 Å². The number of aromatic nitrogens is 2. The highest BCUT2D eigenvalue weighted by molar-refractivity contribution is 5.31. The summed E-state index contributed by atoms with van der Waals surface area (Å²) in [5.41, 5.74) is 2.00. The number of ether oxygens (including phenoxy) is 1. The first-order valence-electron chi connectivity index (χ1n) is 3.95. The van der Waals surface area contributed by atoms with Gasteiger partial charge >= 0.3 is 0 Å². The molecule has 11 heavy (non-hydrogen) atoms. The molecule has 0 aliphatic heterocycles. The quantitative estimate of drug-likeness (QED) is 0.698. The molecular formula is C8H12N2O. The van der Waals surface area contributed by atoms with Crippen molar-refractivity contribution in [2.45, 2.75) is 32.8 Å². The molecule has 60 valence electrons. The second kappa shape index (κ2) is 2.26. The van der Waals surface area contributed by atoms with E-state index < -0.39 is 0 Å². The molecule has 1 heterocycles. The van der Waals surface area contributed by atoms with Gasteiger partial charge in [-0.2, -0.15) is 5.10 Å². The number of nitrogens with zero attached hydrogens (tertiary/aromatic N) is 1. The van der Waals surface area contributed by atoms with E-state index in [1.165, 1.54) is 12.8 Å². The Morgan fingerprint density at radius 1 is 1.45 bits per heavy atom. The summed E-state index contributed by atoms with van der Waals surface area (Å²) in [5, 5.41) is 6.94. The Balaban J connectivity index is 2.19. The molecule has 2 rings (SSSR count). The zero-order valence-corrected chi connectivity index (χ0v) is 6.85. The third-order valence-corrected chi connectivity index (χ3v) is 1.87. The van der Waals surface area contributed by atoms with Crippen LogP contribution < -0.4 is 4.74 Å². The molecule has 0 bridgehead atoms. The Kier molecular flexibility index (Phi) is 1.37. The number of hydrogen-bond acceptors (Lipinski definition) is 2. The summed E-state index contributed by atoms with van der Waals surface area (Å²) in [6, 6.07) is 0. The summed E-state index contributed by atoms with van der Waals surface area (Å²) in [4.78, 5) is 0. The second-order valence-electron chi connectivity index (χ2n) is 3.08. The molecule has 1 aliphatic carbocycles. The number of H-pyrrole nitrogens is 1. The minimum Gasteiger partial charge on any atom is -0.487 e. The van der Waals surface area contributed by atoms with Crippen molar-refractivity contribution in [3.8, 4) is 5.75 Å². The first-order valence-corrected chi connectivity index (χ1v) is 3.95. The lowest BCUT2D eigenvalue weighted by Gasteiger charge is -2.02. The third kappa shape index (κ3) is 1.23. The van der Waals surface area contributed by atoms with Crippen LogP contribution in [0.15, 0.2) is 0 Å². The van der Waals surface area contributed by atoms with Crippen LogP contribution in [0.2, 0.25) is 0 Å². The first-order chi connectivity index (χ1) is 5.27. The molecular weight excluding hydrogens is 140 g/mol. The second-order valence-corrected chi connectivity index (χ2v) is 3.08. The molecule has 1 aromatic rings. The molecule has 1 aliphatic rings. The minimum atomic E-state index is 0.463. The van der Waals surface area contributed by atoms with Crippen molar-refractivity contribution in [3.63, 3.8) is 0 Å². The maximum atomic E-state index is 5.63. The fraction of sp³-hybridized carbons (Fsp3) is 0.625. The van der Waals surface area contributed by atoms with Gasteiger partial charge in [-0.15, -0.1) is 0 Å². The summed E-state index contributed by atoms with van der Waals surface area (Å²) < 4.78 is 5.63. The van der Waals surface area contributed by atoms with Gasteiger partial charge < -0.3 is 4.74 Å². The Bertz CT molecular complexity index is 244. The van der Waals surface area contributed by atoms with E-state index in [0.717, 1.165) is 17.1 Å². The third-order valence-electron chi connectivity index (χ3n) is 1.87. The van der Waals surface area contributed by atoms with Crippen LogP contribution in [-0.4, -0.2) is 16.3 Å². The van der Waals surface area contributed by atoms with Gasteiger partial charge in [0.15, 0.2) is 5.75 Å². The molecule has 0 spiro atoms. The average molecular weight is 152 g/mol. The van der Waals surface area contributed by atoms with Crippen molar-refractivity contribution in [3.05, 3.63) is 11.4 Å². The van der Waals surface area contributed by atoms with Gasteiger partial charge in [0.05, 0.1) is 11.8 Å². The van der Waals surface area contributed by atoms with Crippen LogP contribution in [0.5, 0.6) is 5.75 Å². The van der Waals surface area contributed by atoms with Crippen LogP contribution >= 0.6 is 0 Å². The lowest BCUT2D eigenvalue weighted by molar-refractivity contribution is 0.299. The summed E-state index contributed by atoms with van der Waals surface area (Å²) >= 11 is 0. The highest BCUT2D eigenvalue weighted by atomic mass is 16.5. The van der Waals surface area contributed by atoms with Crippen molar-refractivity contribution in [2.75, 3.05) is 0 Å². The molecule has 3 heteroatoms. The number of rotatable bonds is 2. The molecule has 1 aromatic heterocycles. The SMILES string of the molecule is Cc1n[nH]c(C)c1OC1CC1. The predicted octanol–water partition coefficient (Wildman–Crippen LogP) is 1.57. The van der Waals surface area contributed by atoms with Crippen LogP contribution in [0.4, 0.5) is 0 Å². The van der Waals surface area contributed by atoms with E-state index in [1.807, 2.05) is 13.8 Å². The van der Waals surface area contributed by atoms with Crippen LogP contribution in [0.1, 0.15) is 24.2 Å². The van der Waals surface area contributed by atoms with Crippen molar-refractivity contribution in [2.24, 2.45) is 0 Å². The summed E-state index contributed by atoms with van der Waals surface area (Å²) in [6.07, 6.45) is 2.86. The highest BCUT2D eigenvalue weighted by Gasteiger charge is 2.25. The maximum Gasteiger partial charge on any atom is 0.163 e. The van der Waals surface area contributed by atoms with Gasteiger partial charge in [-0.1, -0.05) is 0 Å². The molecule has 0 aromatic carbocycles. The summed E-state index contributed by atoms with van der Waals surface area (Å²) in [6.45, 7) is 3.94. The van der Waals surface area contributed by atoms with Crippen LogP contribution in [0, 0.1) is 13.8 Å². The van der Waals surface area contributed by atoms with E-state index in [4.69, 9.17) is 4.74 Å². The van der Waals surface area contributed by atoms with E-state index in [2.05, 4.69) is 10.2 Å². The van der Waals surface area contributed by atoms with E-state index in [1.54, 1.807) is 0 Å². The van der Waals surface area contributed by atoms with Gasteiger partial charge in [0.1, 0.15) is 5.69 Å². The van der Waals surface area contributed by atoms with Gasteiger partial charge in [0, 0.05) is 0 Å². The molecule has 0 radical (unpaired) electrons. The highest BCUT2D eigenvalue weighted by Crippen LogP contribution is 2.29. The van der Waals surface area contributed by atoms with Crippen molar-refractivity contribution >= 4 is 0 Å². The topological polar surface area (TPSA) is 37.9 Å². The fourth-order valence-electron chi connectivity index (χ4n) is 1.07. The maximum absolute atomic E-state index is 5.63. The van der Waals surface area contributed by atoms with E-state index >= 15 is 0 Å². The molecule has 0 unspecified atom stereocenters. The van der Waals surface area contributed by atoms with E-state index in [-0.39, 0.29) is 0 Å². The molecule has 0 saturated heterocycles. The van der Waals surface area contributed by atoms with Gasteiger partial charge in [-0.25, -0.2) is 0 Å². The Hall–Kier alpha value is -0.990. The van der Waals surface area contributed by atoms with Crippen molar-refractivity contribution in [1.82, 2.24) is 10.2 Å². The number of nitrogens with one attached hydrogen (secondary N) is 1. The smallest absolute Gasteiger partial charge is 0.163 e. The lowest BCUT2D eigenvalue weighted by Crippen LogP contribution is -1.97. The van der Waals surface area contributed by atoms with E-state index in [0.29, 0.717) is 6.10 Å². The number of aryl methyl sites for hydroxylation is 2. The first kappa shape index (κ1) is 6.70. The summed E-state index contributed by atoms with van der Waals surface area (Å²) in [7, 11) is 0. The largest absolute Gasteiger partial charge is 0.487 e. The van der Waals surface area contributed by atoms with Crippen LogP contribution in [0.3, 0.4) is 0 Å². The van der Waals surface area contributed by atoms with Gasteiger partial charge in [0.2, 0.25) is 0 Å². The van der Waals surface area contributed by atoms with Crippen LogP contribution in [0.25, 0.3) is 0 Å². The predicted molar refractivity (Wildman–Crippen MR) is 41.7 cm³/mol. The fourth-order valence-corrected chi connectivity index (χ4v) is 1.07. The Morgan fingerprint density at radius 3 is 2.64 bits per heavy atom. The molecule has 1 fully saturated rings. The standard InChI is InChI=1S/C8H12N2O/c1-5-8(6(2)10-9-5)11-7-3-4-7/h7H,3-4H2,1-2H3,(H,9,10). The zero-order valence-electron chi connectivity index (χ0n) is 6.85. The Labute approximate surface area is 65.8 Å². The number of aromatic amines is 1.